The molecule has 2 nitrogen and oxygen atoms in total. The van der Waals surface area contributed by atoms with Crippen LogP contribution in [0.25, 0.3) is 118 Å². The summed E-state index contributed by atoms with van der Waals surface area (Å²) in [6.07, 6.45) is 4.38. The second-order valence-electron chi connectivity index (χ2n) is 13.3. The lowest BCUT2D eigenvalue weighted by molar-refractivity contribution is 0.672. The van der Waals surface area contributed by atoms with Crippen LogP contribution in [0.15, 0.2) is 138 Å². The van der Waals surface area contributed by atoms with Crippen LogP contribution < -0.4 is 0 Å². The number of nitrogens with one attached hydrogen (secondary N) is 1. The van der Waals surface area contributed by atoms with Gasteiger partial charge in [0.25, 0.3) is 0 Å². The highest BCUT2D eigenvalue weighted by atomic mass is 32.1. The van der Waals surface area contributed by atoms with Gasteiger partial charge in [-0.05, 0) is 53.6 Å². The van der Waals surface area contributed by atoms with Gasteiger partial charge in [-0.25, -0.2) is 0 Å². The minimum atomic E-state index is 0.914. The van der Waals surface area contributed by atoms with Crippen molar-refractivity contribution in [1.82, 2.24) is 4.98 Å². The number of H-pyrrole nitrogens is 1. The average molecular weight is 672 g/mol. The second-order valence-corrected chi connectivity index (χ2v) is 15.4. The maximum Gasteiger partial charge on any atom is 0.143 e. The molecule has 0 amide bonds. The van der Waals surface area contributed by atoms with E-state index < -0.39 is 0 Å². The zero-order valence-electron chi connectivity index (χ0n) is 26.6. The summed E-state index contributed by atoms with van der Waals surface area (Å²) in [7, 11) is 0. The van der Waals surface area contributed by atoms with Crippen molar-refractivity contribution < 1.29 is 4.42 Å². The van der Waals surface area contributed by atoms with Crippen LogP contribution in [0.5, 0.6) is 0 Å². The van der Waals surface area contributed by atoms with Crippen LogP contribution >= 0.6 is 22.7 Å². The molecule has 0 fully saturated rings. The molecule has 8 aromatic carbocycles. The van der Waals surface area contributed by atoms with Crippen molar-refractivity contribution in [2.75, 3.05) is 0 Å². The molecule has 0 atom stereocenters. The minimum Gasteiger partial charge on any atom is -0.455 e. The summed E-state index contributed by atoms with van der Waals surface area (Å²) in [5.74, 6) is 0. The smallest absolute Gasteiger partial charge is 0.143 e. The number of hydrogen-bond acceptors (Lipinski definition) is 3. The summed E-state index contributed by atoms with van der Waals surface area (Å²) in [6.45, 7) is 0. The molecule has 0 bridgehead atoms. The molecule has 1 N–H and O–H groups in total. The molecule has 0 aliphatic heterocycles. The van der Waals surface area contributed by atoms with E-state index in [1.165, 1.54) is 78.2 Å². The van der Waals surface area contributed by atoms with Gasteiger partial charge in [0.15, 0.2) is 0 Å². The number of rotatable bonds is 2. The fourth-order valence-electron chi connectivity index (χ4n) is 8.22. The highest BCUT2D eigenvalue weighted by Gasteiger charge is 2.16. The number of hydrogen-bond donors (Lipinski definition) is 1. The molecule has 12 rings (SSSR count). The lowest BCUT2D eigenvalue weighted by atomic mass is 10.0. The van der Waals surface area contributed by atoms with Crippen LogP contribution in [0.1, 0.15) is 11.1 Å². The normalized spacial score (nSPS) is 12.7. The Hall–Kier alpha value is -5.94. The number of benzene rings is 8. The van der Waals surface area contributed by atoms with Gasteiger partial charge in [-0.15, -0.1) is 22.7 Å². The second kappa shape index (κ2) is 9.82. The highest BCUT2D eigenvalue weighted by Crippen LogP contribution is 2.43. The van der Waals surface area contributed by atoms with Gasteiger partial charge in [0.05, 0.1) is 5.52 Å². The molecule has 0 radical (unpaired) electrons. The molecule has 50 heavy (non-hydrogen) atoms. The molecule has 0 aliphatic rings. The van der Waals surface area contributed by atoms with Crippen molar-refractivity contribution in [3.63, 3.8) is 0 Å². The Bertz CT molecular complexity index is 3210. The molecule has 0 unspecified atom stereocenters. The molecule has 232 valence electrons. The lowest BCUT2D eigenvalue weighted by Crippen LogP contribution is -1.76. The summed E-state index contributed by atoms with van der Waals surface area (Å²) in [4.78, 5) is 3.79. The standard InChI is InChI=1S/C46H25NOS2/c1-3-7-41-29(5-1)35-19-16-32-37(45(35)49-41)20-15-31-27-13-11-25(23-39(27)47-43(31)32)9-10-26-12-14-28-33-17-22-38-34(44(33)48-40(28)24-26)18-21-36-30-6-2-4-8-42(30)50-46(36)38/h1-24,47H/b10-9+. The number of aromatic nitrogens is 1. The van der Waals surface area contributed by atoms with E-state index in [0.717, 1.165) is 38.6 Å². The Labute approximate surface area is 293 Å². The Balaban J connectivity index is 0.930. The third-order valence-electron chi connectivity index (χ3n) is 10.6. The maximum absolute atomic E-state index is 6.62. The number of aromatic amines is 1. The quantitative estimate of drug-likeness (QED) is 0.182. The van der Waals surface area contributed by atoms with Gasteiger partial charge < -0.3 is 9.40 Å². The van der Waals surface area contributed by atoms with E-state index in [0.29, 0.717) is 0 Å². The van der Waals surface area contributed by atoms with Crippen LogP contribution in [-0.4, -0.2) is 4.98 Å². The average Bonchev–Trinajstić information content (AvgIpc) is 3.93. The van der Waals surface area contributed by atoms with Gasteiger partial charge in [0.2, 0.25) is 0 Å². The lowest BCUT2D eigenvalue weighted by Gasteiger charge is -2.02. The summed E-state index contributed by atoms with van der Waals surface area (Å²) in [5, 5.41) is 15.1. The molecule has 0 aliphatic carbocycles. The van der Waals surface area contributed by atoms with Crippen molar-refractivity contribution in [2.45, 2.75) is 0 Å². The van der Waals surface area contributed by atoms with E-state index in [-0.39, 0.29) is 0 Å². The Morgan fingerprint density at radius 3 is 1.58 bits per heavy atom. The first kappa shape index (κ1) is 26.9. The molecule has 4 heteroatoms. The molecule has 4 aromatic heterocycles. The fraction of sp³-hybridized carbons (Fsp3) is 0. The predicted octanol–water partition coefficient (Wildman–Crippen LogP) is 14.4. The first-order valence-electron chi connectivity index (χ1n) is 16.9. The molecule has 4 heterocycles. The third-order valence-corrected chi connectivity index (χ3v) is 13.0. The Kier molecular flexibility index (Phi) is 5.29. The van der Waals surface area contributed by atoms with E-state index in [9.17, 15) is 0 Å². The first-order chi connectivity index (χ1) is 24.7. The van der Waals surface area contributed by atoms with E-state index >= 15 is 0 Å². The van der Waals surface area contributed by atoms with E-state index in [4.69, 9.17) is 4.42 Å². The molecular formula is C46H25NOS2. The number of thiophene rings is 2. The minimum absolute atomic E-state index is 0.914. The zero-order valence-corrected chi connectivity index (χ0v) is 28.2. The summed E-state index contributed by atoms with van der Waals surface area (Å²) >= 11 is 3.75. The van der Waals surface area contributed by atoms with Crippen molar-refractivity contribution in [3.05, 3.63) is 145 Å². The number of furan rings is 1. The van der Waals surface area contributed by atoms with Gasteiger partial charge in [0, 0.05) is 89.0 Å². The molecule has 12 aromatic rings. The van der Waals surface area contributed by atoms with E-state index in [2.05, 4.69) is 151 Å². The van der Waals surface area contributed by atoms with Gasteiger partial charge in [0.1, 0.15) is 11.2 Å². The molecule has 0 spiro atoms. The fourth-order valence-corrected chi connectivity index (χ4v) is 10.7. The van der Waals surface area contributed by atoms with Gasteiger partial charge in [-0.2, -0.15) is 0 Å². The van der Waals surface area contributed by atoms with Crippen LogP contribution in [0, 0.1) is 0 Å². The summed E-state index contributed by atoms with van der Waals surface area (Å²) < 4.78 is 12.0. The van der Waals surface area contributed by atoms with Gasteiger partial charge in [-0.3, -0.25) is 0 Å². The summed E-state index contributed by atoms with van der Waals surface area (Å²) in [6, 6.07) is 48.8. The first-order valence-corrected chi connectivity index (χ1v) is 18.5. The van der Waals surface area contributed by atoms with Gasteiger partial charge in [-0.1, -0.05) is 103 Å². The van der Waals surface area contributed by atoms with Gasteiger partial charge >= 0.3 is 0 Å². The topological polar surface area (TPSA) is 28.9 Å². The Morgan fingerprint density at radius 1 is 0.420 bits per heavy atom. The number of fused-ring (bicyclic) bond motifs is 18. The highest BCUT2D eigenvalue weighted by molar-refractivity contribution is 7.27. The third kappa shape index (κ3) is 3.67. The van der Waals surface area contributed by atoms with Crippen molar-refractivity contribution >= 4 is 140 Å². The molecule has 0 saturated heterocycles. The van der Waals surface area contributed by atoms with Crippen LogP contribution in [-0.2, 0) is 0 Å². The molecular weight excluding hydrogens is 647 g/mol. The Morgan fingerprint density at radius 2 is 0.900 bits per heavy atom. The monoisotopic (exact) mass is 671 g/mol. The van der Waals surface area contributed by atoms with Crippen molar-refractivity contribution in [3.8, 4) is 0 Å². The largest absolute Gasteiger partial charge is 0.455 e. The van der Waals surface area contributed by atoms with Crippen molar-refractivity contribution in [1.29, 1.82) is 0 Å². The van der Waals surface area contributed by atoms with Crippen molar-refractivity contribution in [2.24, 2.45) is 0 Å². The zero-order chi connectivity index (χ0) is 32.5. The van der Waals surface area contributed by atoms with Crippen LogP contribution in [0.3, 0.4) is 0 Å². The SMILES string of the molecule is C(=C\c1ccc2c(c1)oc1c2ccc2c1ccc1c3ccccc3sc12)/c1ccc2c(c1)[nH]c1c2ccc2c1ccc1c3ccccc3sc12. The van der Waals surface area contributed by atoms with E-state index in [1.807, 2.05) is 22.7 Å². The summed E-state index contributed by atoms with van der Waals surface area (Å²) in [5.41, 5.74) is 6.50. The maximum atomic E-state index is 6.62. The van der Waals surface area contributed by atoms with E-state index in [1.54, 1.807) is 0 Å². The molecule has 0 saturated carbocycles. The van der Waals surface area contributed by atoms with Crippen LogP contribution in [0.2, 0.25) is 0 Å². The predicted molar refractivity (Wildman–Crippen MR) is 219 cm³/mol. The van der Waals surface area contributed by atoms with Crippen LogP contribution in [0.4, 0.5) is 0 Å².